The molecule has 0 spiro atoms. The van der Waals surface area contributed by atoms with Gasteiger partial charge in [0.2, 0.25) is 0 Å². The summed E-state index contributed by atoms with van der Waals surface area (Å²) in [6.07, 6.45) is 5.31. The Morgan fingerprint density at radius 1 is 1.04 bits per heavy atom. The van der Waals surface area contributed by atoms with E-state index in [-0.39, 0.29) is 5.56 Å². The number of hydrogen-bond acceptors (Lipinski definition) is 4. The summed E-state index contributed by atoms with van der Waals surface area (Å²) in [7, 11) is 0. The summed E-state index contributed by atoms with van der Waals surface area (Å²) >= 11 is 5.94. The van der Waals surface area contributed by atoms with E-state index in [1.165, 1.54) is 23.9 Å². The molecule has 0 N–H and O–H groups in total. The van der Waals surface area contributed by atoms with Crippen molar-refractivity contribution in [2.75, 3.05) is 13.1 Å². The van der Waals surface area contributed by atoms with Crippen molar-refractivity contribution in [1.29, 1.82) is 0 Å². The molecule has 0 aliphatic carbocycles. The highest BCUT2D eigenvalue weighted by Gasteiger charge is 2.16. The van der Waals surface area contributed by atoms with E-state index >= 15 is 0 Å². The Kier molecular flexibility index (Phi) is 5.32. The number of fused-ring (bicyclic) bond motifs is 1. The van der Waals surface area contributed by atoms with Crippen LogP contribution in [0.5, 0.6) is 0 Å². The SMILES string of the molecule is O=c1c2ccccc2nc(CN2CCCCC2)n1/N=C/c1ccc(Cl)cc1. The van der Waals surface area contributed by atoms with E-state index in [1.807, 2.05) is 30.3 Å². The fraction of sp³-hybridized carbons (Fsp3) is 0.286. The molecule has 5 nitrogen and oxygen atoms in total. The van der Waals surface area contributed by atoms with E-state index in [4.69, 9.17) is 16.6 Å². The number of nitrogens with zero attached hydrogens (tertiary/aromatic N) is 4. The van der Waals surface area contributed by atoms with Crippen LogP contribution in [0.15, 0.2) is 58.4 Å². The van der Waals surface area contributed by atoms with Crippen LogP contribution in [0, 0.1) is 0 Å². The van der Waals surface area contributed by atoms with Gasteiger partial charge in [0.15, 0.2) is 0 Å². The molecule has 2 aromatic carbocycles. The first-order valence-electron chi connectivity index (χ1n) is 9.24. The van der Waals surface area contributed by atoms with Gasteiger partial charge in [0.25, 0.3) is 5.56 Å². The van der Waals surface area contributed by atoms with Crippen LogP contribution in [0.1, 0.15) is 30.7 Å². The van der Waals surface area contributed by atoms with Crippen molar-refractivity contribution in [2.45, 2.75) is 25.8 Å². The minimum Gasteiger partial charge on any atom is -0.296 e. The number of aromatic nitrogens is 2. The van der Waals surface area contributed by atoms with Crippen molar-refractivity contribution < 1.29 is 0 Å². The van der Waals surface area contributed by atoms with E-state index in [1.54, 1.807) is 24.4 Å². The largest absolute Gasteiger partial charge is 0.296 e. The van der Waals surface area contributed by atoms with Crippen LogP contribution in [0.2, 0.25) is 5.02 Å². The zero-order valence-electron chi connectivity index (χ0n) is 15.0. The van der Waals surface area contributed by atoms with Crippen LogP contribution in [-0.4, -0.2) is 33.9 Å². The van der Waals surface area contributed by atoms with E-state index < -0.39 is 0 Å². The Labute approximate surface area is 162 Å². The molecule has 0 atom stereocenters. The third-order valence-electron chi connectivity index (χ3n) is 4.83. The van der Waals surface area contributed by atoms with Gasteiger partial charge >= 0.3 is 0 Å². The Hall–Kier alpha value is -2.50. The molecule has 0 saturated carbocycles. The summed E-state index contributed by atoms with van der Waals surface area (Å²) in [4.78, 5) is 20.1. The number of likely N-dealkylation sites (tertiary alicyclic amines) is 1. The third-order valence-corrected chi connectivity index (χ3v) is 5.08. The van der Waals surface area contributed by atoms with Gasteiger partial charge in [-0.15, -0.1) is 0 Å². The predicted octanol–water partition coefficient (Wildman–Crippen LogP) is 3.92. The maximum Gasteiger partial charge on any atom is 0.282 e. The van der Waals surface area contributed by atoms with E-state index in [0.717, 1.165) is 18.7 Å². The van der Waals surface area contributed by atoms with Gasteiger partial charge in [0.05, 0.1) is 23.7 Å². The van der Waals surface area contributed by atoms with Crippen molar-refractivity contribution >= 4 is 28.7 Å². The van der Waals surface area contributed by atoms with Gasteiger partial charge in [-0.1, -0.05) is 42.3 Å². The van der Waals surface area contributed by atoms with Crippen LogP contribution in [0.25, 0.3) is 10.9 Å². The van der Waals surface area contributed by atoms with Crippen molar-refractivity contribution in [3.8, 4) is 0 Å². The smallest absolute Gasteiger partial charge is 0.282 e. The first-order chi connectivity index (χ1) is 13.2. The normalized spacial score (nSPS) is 15.6. The lowest BCUT2D eigenvalue weighted by Crippen LogP contribution is -2.33. The molecule has 1 aliphatic heterocycles. The summed E-state index contributed by atoms with van der Waals surface area (Å²) in [6.45, 7) is 2.69. The average molecular weight is 381 g/mol. The van der Waals surface area contributed by atoms with Crippen LogP contribution in [-0.2, 0) is 6.54 Å². The van der Waals surface area contributed by atoms with E-state index in [0.29, 0.717) is 28.3 Å². The van der Waals surface area contributed by atoms with E-state index in [2.05, 4.69) is 10.0 Å². The number of rotatable bonds is 4. The molecule has 0 unspecified atom stereocenters. The Balaban J connectivity index is 1.75. The summed E-state index contributed by atoms with van der Waals surface area (Å²) in [5.41, 5.74) is 1.45. The molecule has 6 heteroatoms. The monoisotopic (exact) mass is 380 g/mol. The molecular weight excluding hydrogens is 360 g/mol. The zero-order valence-corrected chi connectivity index (χ0v) is 15.8. The lowest BCUT2D eigenvalue weighted by Gasteiger charge is -2.26. The minimum absolute atomic E-state index is 0.141. The Morgan fingerprint density at radius 2 is 1.78 bits per heavy atom. The highest BCUT2D eigenvalue weighted by molar-refractivity contribution is 6.30. The van der Waals surface area contributed by atoms with Gasteiger partial charge in [0, 0.05) is 5.02 Å². The van der Waals surface area contributed by atoms with Gasteiger partial charge in [-0.25, -0.2) is 4.98 Å². The molecule has 3 aromatic rings. The lowest BCUT2D eigenvalue weighted by molar-refractivity contribution is 0.213. The Bertz CT molecular complexity index is 1020. The van der Waals surface area contributed by atoms with E-state index in [9.17, 15) is 4.79 Å². The number of benzene rings is 2. The number of piperidine rings is 1. The number of halogens is 1. The first-order valence-corrected chi connectivity index (χ1v) is 9.61. The van der Waals surface area contributed by atoms with Crippen LogP contribution >= 0.6 is 11.6 Å². The maximum atomic E-state index is 13.0. The third kappa shape index (κ3) is 4.10. The van der Waals surface area contributed by atoms with Gasteiger partial charge in [-0.3, -0.25) is 9.69 Å². The molecule has 138 valence electrons. The Morgan fingerprint density at radius 3 is 2.56 bits per heavy atom. The highest BCUT2D eigenvalue weighted by atomic mass is 35.5. The van der Waals surface area contributed by atoms with Crippen molar-refractivity contribution in [2.24, 2.45) is 5.10 Å². The second-order valence-corrected chi connectivity index (χ2v) is 7.23. The average Bonchev–Trinajstić information content (AvgIpc) is 2.70. The van der Waals surface area contributed by atoms with Crippen LogP contribution in [0.3, 0.4) is 0 Å². The predicted molar refractivity (Wildman–Crippen MR) is 110 cm³/mol. The molecule has 1 aliphatic rings. The topological polar surface area (TPSA) is 50.5 Å². The molecule has 2 heterocycles. The molecule has 27 heavy (non-hydrogen) atoms. The van der Waals surface area contributed by atoms with Gasteiger partial charge in [-0.05, 0) is 55.8 Å². The van der Waals surface area contributed by atoms with Crippen LogP contribution < -0.4 is 5.56 Å². The quantitative estimate of drug-likeness (QED) is 0.644. The lowest BCUT2D eigenvalue weighted by atomic mass is 10.1. The fourth-order valence-corrected chi connectivity index (χ4v) is 3.51. The molecule has 0 amide bonds. The summed E-state index contributed by atoms with van der Waals surface area (Å²) in [5.74, 6) is 0.672. The molecular formula is C21H21ClN4O. The second-order valence-electron chi connectivity index (χ2n) is 6.80. The minimum atomic E-state index is -0.141. The van der Waals surface area contributed by atoms with Gasteiger partial charge in [0.1, 0.15) is 5.82 Å². The number of para-hydroxylation sites is 1. The molecule has 0 bridgehead atoms. The van der Waals surface area contributed by atoms with Crippen molar-refractivity contribution in [3.63, 3.8) is 0 Å². The molecule has 1 saturated heterocycles. The standard InChI is InChI=1S/C21H21ClN4O/c22-17-10-8-16(9-11-17)14-23-26-20(15-25-12-4-1-5-13-25)24-19-7-3-2-6-18(19)21(26)27/h2-3,6-11,14H,1,4-5,12-13,15H2/b23-14+. The van der Waals surface area contributed by atoms with Gasteiger partial charge in [-0.2, -0.15) is 9.78 Å². The molecule has 1 fully saturated rings. The summed E-state index contributed by atoms with van der Waals surface area (Å²) < 4.78 is 1.44. The summed E-state index contributed by atoms with van der Waals surface area (Å²) in [5, 5.41) is 5.71. The van der Waals surface area contributed by atoms with Crippen molar-refractivity contribution in [3.05, 3.63) is 75.3 Å². The summed E-state index contributed by atoms with van der Waals surface area (Å²) in [6, 6.07) is 14.8. The first kappa shape index (κ1) is 17.9. The second kappa shape index (κ2) is 8.03. The van der Waals surface area contributed by atoms with Gasteiger partial charge < -0.3 is 0 Å². The number of hydrogen-bond donors (Lipinski definition) is 0. The zero-order chi connectivity index (χ0) is 18.6. The van der Waals surface area contributed by atoms with Crippen molar-refractivity contribution in [1.82, 2.24) is 14.6 Å². The molecule has 1 aromatic heterocycles. The maximum absolute atomic E-state index is 13.0. The fourth-order valence-electron chi connectivity index (χ4n) is 3.38. The highest BCUT2D eigenvalue weighted by Crippen LogP contribution is 2.14. The van der Waals surface area contributed by atoms with Crippen LogP contribution in [0.4, 0.5) is 0 Å². The molecule has 0 radical (unpaired) electrons. The molecule has 4 rings (SSSR count).